The van der Waals surface area contributed by atoms with Crippen LogP contribution in [0.4, 0.5) is 0 Å². The minimum absolute atomic E-state index is 0.507. The van der Waals surface area contributed by atoms with Gasteiger partial charge in [0.1, 0.15) is 0 Å². The van der Waals surface area contributed by atoms with Crippen LogP contribution >= 0.6 is 0 Å². The van der Waals surface area contributed by atoms with Crippen molar-refractivity contribution in [3.05, 3.63) is 11.6 Å². The SMILES string of the molecule is CCC(=CCNCC1CCC(C)C1)C(=O)O. The van der Waals surface area contributed by atoms with Crippen LogP contribution in [0, 0.1) is 11.8 Å². The van der Waals surface area contributed by atoms with Gasteiger partial charge in [0.2, 0.25) is 0 Å². The molecule has 0 aliphatic heterocycles. The predicted molar refractivity (Wildman–Crippen MR) is 65.4 cm³/mol. The van der Waals surface area contributed by atoms with Gasteiger partial charge < -0.3 is 10.4 Å². The van der Waals surface area contributed by atoms with E-state index in [1.54, 1.807) is 6.08 Å². The van der Waals surface area contributed by atoms with Gasteiger partial charge in [-0.2, -0.15) is 0 Å². The zero-order valence-electron chi connectivity index (χ0n) is 10.3. The Morgan fingerprint density at radius 3 is 2.75 bits per heavy atom. The maximum Gasteiger partial charge on any atom is 0.331 e. The summed E-state index contributed by atoms with van der Waals surface area (Å²) in [4.78, 5) is 10.7. The van der Waals surface area contributed by atoms with Gasteiger partial charge in [0, 0.05) is 12.1 Å². The summed E-state index contributed by atoms with van der Waals surface area (Å²) < 4.78 is 0. The summed E-state index contributed by atoms with van der Waals surface area (Å²) >= 11 is 0. The third kappa shape index (κ3) is 4.35. The molecule has 0 spiro atoms. The van der Waals surface area contributed by atoms with Crippen molar-refractivity contribution in [2.45, 2.75) is 39.5 Å². The monoisotopic (exact) mass is 225 g/mol. The fourth-order valence-electron chi connectivity index (χ4n) is 2.38. The quantitative estimate of drug-likeness (QED) is 0.539. The first-order valence-corrected chi connectivity index (χ1v) is 6.26. The second-order valence-electron chi connectivity index (χ2n) is 4.83. The van der Waals surface area contributed by atoms with Crippen LogP contribution in [0.2, 0.25) is 0 Å². The summed E-state index contributed by atoms with van der Waals surface area (Å²) in [6.07, 6.45) is 6.36. The van der Waals surface area contributed by atoms with Crippen molar-refractivity contribution in [3.63, 3.8) is 0 Å². The average Bonchev–Trinajstić information content (AvgIpc) is 2.64. The van der Waals surface area contributed by atoms with Gasteiger partial charge in [-0.05, 0) is 37.6 Å². The normalized spacial score (nSPS) is 26.0. The molecule has 0 aromatic heterocycles. The number of nitrogens with one attached hydrogen (secondary N) is 1. The molecule has 1 rings (SSSR count). The standard InChI is InChI=1S/C13H23NO2/c1-3-12(13(15)16)6-7-14-9-11-5-4-10(2)8-11/h6,10-11,14H,3-5,7-9H2,1-2H3,(H,15,16). The number of carboxylic acids is 1. The van der Waals surface area contributed by atoms with E-state index in [0.717, 1.165) is 18.4 Å². The number of carbonyl (C=O) groups is 1. The molecule has 0 amide bonds. The number of hydrogen-bond donors (Lipinski definition) is 2. The molecule has 0 saturated heterocycles. The Morgan fingerprint density at radius 2 is 2.25 bits per heavy atom. The van der Waals surface area contributed by atoms with Gasteiger partial charge in [-0.25, -0.2) is 4.79 Å². The van der Waals surface area contributed by atoms with E-state index >= 15 is 0 Å². The first-order valence-electron chi connectivity index (χ1n) is 6.26. The lowest BCUT2D eigenvalue weighted by molar-refractivity contribution is -0.132. The Balaban J connectivity index is 2.18. The molecule has 0 bridgehead atoms. The van der Waals surface area contributed by atoms with Crippen molar-refractivity contribution >= 4 is 5.97 Å². The van der Waals surface area contributed by atoms with Crippen LogP contribution in [0.25, 0.3) is 0 Å². The Labute approximate surface area is 97.9 Å². The average molecular weight is 225 g/mol. The zero-order chi connectivity index (χ0) is 12.0. The maximum atomic E-state index is 10.7. The van der Waals surface area contributed by atoms with E-state index in [0.29, 0.717) is 18.5 Å². The van der Waals surface area contributed by atoms with Crippen molar-refractivity contribution < 1.29 is 9.90 Å². The molecular weight excluding hydrogens is 202 g/mol. The number of aliphatic carboxylic acids is 1. The molecule has 16 heavy (non-hydrogen) atoms. The van der Waals surface area contributed by atoms with Crippen LogP contribution in [0.3, 0.4) is 0 Å². The van der Waals surface area contributed by atoms with Crippen molar-refractivity contribution in [3.8, 4) is 0 Å². The molecule has 0 aromatic carbocycles. The Bertz CT molecular complexity index is 261. The fraction of sp³-hybridized carbons (Fsp3) is 0.769. The topological polar surface area (TPSA) is 49.3 Å². The van der Waals surface area contributed by atoms with Gasteiger partial charge in [0.05, 0.1) is 0 Å². The molecule has 1 fully saturated rings. The van der Waals surface area contributed by atoms with Crippen molar-refractivity contribution in [2.75, 3.05) is 13.1 Å². The molecule has 0 aromatic rings. The number of hydrogen-bond acceptors (Lipinski definition) is 2. The second kappa shape index (κ2) is 6.69. The van der Waals surface area contributed by atoms with Crippen molar-refractivity contribution in [2.24, 2.45) is 11.8 Å². The Kier molecular flexibility index (Phi) is 5.53. The highest BCUT2D eigenvalue weighted by molar-refractivity contribution is 5.86. The molecule has 1 saturated carbocycles. The van der Waals surface area contributed by atoms with Crippen LogP contribution in [0.5, 0.6) is 0 Å². The first-order chi connectivity index (χ1) is 7.63. The summed E-state index contributed by atoms with van der Waals surface area (Å²) in [6.45, 7) is 5.88. The molecule has 0 heterocycles. The molecule has 92 valence electrons. The van der Waals surface area contributed by atoms with Crippen molar-refractivity contribution in [1.82, 2.24) is 5.32 Å². The van der Waals surface area contributed by atoms with Gasteiger partial charge >= 0.3 is 5.97 Å². The largest absolute Gasteiger partial charge is 0.478 e. The van der Waals surface area contributed by atoms with Crippen LogP contribution < -0.4 is 5.32 Å². The zero-order valence-corrected chi connectivity index (χ0v) is 10.3. The third-order valence-electron chi connectivity index (χ3n) is 3.38. The lowest BCUT2D eigenvalue weighted by atomic mass is 10.1. The molecule has 1 aliphatic carbocycles. The highest BCUT2D eigenvalue weighted by atomic mass is 16.4. The van der Waals surface area contributed by atoms with Crippen LogP contribution in [-0.4, -0.2) is 24.2 Å². The minimum Gasteiger partial charge on any atom is -0.478 e. The van der Waals surface area contributed by atoms with E-state index in [1.807, 2.05) is 6.92 Å². The molecule has 3 heteroatoms. The third-order valence-corrected chi connectivity index (χ3v) is 3.38. The van der Waals surface area contributed by atoms with Crippen molar-refractivity contribution in [1.29, 1.82) is 0 Å². The van der Waals surface area contributed by atoms with Gasteiger partial charge in [-0.3, -0.25) is 0 Å². The lowest BCUT2D eigenvalue weighted by Gasteiger charge is -2.09. The highest BCUT2D eigenvalue weighted by Gasteiger charge is 2.20. The van der Waals surface area contributed by atoms with E-state index in [9.17, 15) is 4.79 Å². The highest BCUT2D eigenvalue weighted by Crippen LogP contribution is 2.29. The van der Waals surface area contributed by atoms with Crippen LogP contribution in [-0.2, 0) is 4.79 Å². The molecule has 2 unspecified atom stereocenters. The van der Waals surface area contributed by atoms with E-state index in [2.05, 4.69) is 12.2 Å². The van der Waals surface area contributed by atoms with E-state index < -0.39 is 5.97 Å². The molecule has 2 N–H and O–H groups in total. The fourth-order valence-corrected chi connectivity index (χ4v) is 2.38. The summed E-state index contributed by atoms with van der Waals surface area (Å²) in [7, 11) is 0. The van der Waals surface area contributed by atoms with Crippen LogP contribution in [0.15, 0.2) is 11.6 Å². The predicted octanol–water partition coefficient (Wildman–Crippen LogP) is 2.43. The van der Waals surface area contributed by atoms with Gasteiger partial charge in [0.25, 0.3) is 0 Å². The number of carboxylic acid groups (broad SMARTS) is 1. The van der Waals surface area contributed by atoms with E-state index in [-0.39, 0.29) is 0 Å². The summed E-state index contributed by atoms with van der Waals surface area (Å²) in [5, 5.41) is 12.2. The summed E-state index contributed by atoms with van der Waals surface area (Å²) in [5.74, 6) is 0.865. The molecule has 1 aliphatic rings. The van der Waals surface area contributed by atoms with E-state index in [1.165, 1.54) is 19.3 Å². The van der Waals surface area contributed by atoms with E-state index in [4.69, 9.17) is 5.11 Å². The Hall–Kier alpha value is -0.830. The molecule has 2 atom stereocenters. The summed E-state index contributed by atoms with van der Waals surface area (Å²) in [5.41, 5.74) is 0.507. The molecule has 3 nitrogen and oxygen atoms in total. The molecular formula is C13H23NO2. The maximum absolute atomic E-state index is 10.7. The van der Waals surface area contributed by atoms with Gasteiger partial charge in [0.15, 0.2) is 0 Å². The van der Waals surface area contributed by atoms with Gasteiger partial charge in [-0.1, -0.05) is 26.3 Å². The van der Waals surface area contributed by atoms with Gasteiger partial charge in [-0.15, -0.1) is 0 Å². The van der Waals surface area contributed by atoms with Crippen LogP contribution in [0.1, 0.15) is 39.5 Å². The second-order valence-corrected chi connectivity index (χ2v) is 4.83. The lowest BCUT2D eigenvalue weighted by Crippen LogP contribution is -2.22. The Morgan fingerprint density at radius 1 is 1.50 bits per heavy atom. The first kappa shape index (κ1) is 13.2. The summed E-state index contributed by atoms with van der Waals surface area (Å²) in [6, 6.07) is 0. The molecule has 0 radical (unpaired) electrons. The minimum atomic E-state index is -0.793. The smallest absolute Gasteiger partial charge is 0.331 e. The number of rotatable bonds is 6.